The van der Waals surface area contributed by atoms with Crippen molar-refractivity contribution in [2.24, 2.45) is 34.5 Å². The van der Waals surface area contributed by atoms with Crippen molar-refractivity contribution in [3.63, 3.8) is 0 Å². The van der Waals surface area contributed by atoms with Crippen LogP contribution in [-0.4, -0.2) is 39.5 Å². The van der Waals surface area contributed by atoms with E-state index in [2.05, 4.69) is 34.6 Å². The van der Waals surface area contributed by atoms with Crippen molar-refractivity contribution in [1.82, 2.24) is 0 Å². The highest BCUT2D eigenvalue weighted by Gasteiger charge is 2.67. The van der Waals surface area contributed by atoms with Gasteiger partial charge in [-0.2, -0.15) is 0 Å². The first-order valence-electron chi connectivity index (χ1n) is 12.8. The molecule has 0 aromatic heterocycles. The Balaban J connectivity index is 0.00000106. The van der Waals surface area contributed by atoms with Gasteiger partial charge in [-0.15, -0.1) is 0 Å². The molecule has 2 aliphatic rings. The number of rotatable bonds is 8. The summed E-state index contributed by atoms with van der Waals surface area (Å²) in [6.07, 6.45) is 2.54. The number of aldehydes is 2. The molecule has 5 atom stereocenters. The first-order chi connectivity index (χ1) is 16.6. The number of hydrogen-bond acceptors (Lipinski definition) is 7. The number of carbonyl (C=O) groups is 4. The van der Waals surface area contributed by atoms with Gasteiger partial charge < -0.3 is 20.1 Å². The van der Waals surface area contributed by atoms with Crippen molar-refractivity contribution in [2.75, 3.05) is 0 Å². The third kappa shape index (κ3) is 5.21. The van der Waals surface area contributed by atoms with Crippen LogP contribution in [0, 0.1) is 34.5 Å². The Labute approximate surface area is 214 Å². The second-order valence-electron chi connectivity index (χ2n) is 12.1. The van der Waals surface area contributed by atoms with Crippen LogP contribution in [-0.2, 0) is 9.59 Å². The molecule has 0 radical (unpaired) electrons. The van der Waals surface area contributed by atoms with Gasteiger partial charge in [0.05, 0.1) is 11.1 Å². The molecule has 2 fully saturated rings. The minimum Gasteiger partial charge on any atom is -0.507 e. The van der Waals surface area contributed by atoms with Gasteiger partial charge in [-0.25, -0.2) is 0 Å². The number of aromatic hydroxyl groups is 3. The molecule has 200 valence electrons. The largest absolute Gasteiger partial charge is 0.507 e. The zero-order valence-corrected chi connectivity index (χ0v) is 22.8. The van der Waals surface area contributed by atoms with Crippen LogP contribution in [0.1, 0.15) is 113 Å². The summed E-state index contributed by atoms with van der Waals surface area (Å²) in [7, 11) is 0. The minimum atomic E-state index is -0.766. The number of ketones is 2. The predicted octanol–water partition coefficient (Wildman–Crippen LogP) is 5.82. The Morgan fingerprint density at radius 1 is 0.972 bits per heavy atom. The Morgan fingerprint density at radius 3 is 1.86 bits per heavy atom. The lowest BCUT2D eigenvalue weighted by Gasteiger charge is -2.38. The molecule has 0 amide bonds. The lowest BCUT2D eigenvalue weighted by molar-refractivity contribution is -0.123. The fourth-order valence-electron chi connectivity index (χ4n) is 6.26. The van der Waals surface area contributed by atoms with E-state index in [0.29, 0.717) is 25.7 Å². The molecule has 1 aromatic rings. The van der Waals surface area contributed by atoms with Crippen molar-refractivity contribution in [3.8, 4) is 17.2 Å². The molecule has 36 heavy (non-hydrogen) atoms. The average molecular weight is 503 g/mol. The third-order valence-electron chi connectivity index (χ3n) is 8.46. The maximum Gasteiger partial charge on any atom is 0.157 e. The second-order valence-corrected chi connectivity index (χ2v) is 12.1. The lowest BCUT2D eigenvalue weighted by Crippen LogP contribution is -2.34. The van der Waals surface area contributed by atoms with Crippen LogP contribution in [0.15, 0.2) is 0 Å². The van der Waals surface area contributed by atoms with Crippen LogP contribution in [0.3, 0.4) is 0 Å². The van der Waals surface area contributed by atoms with E-state index < -0.39 is 39.7 Å². The summed E-state index contributed by atoms with van der Waals surface area (Å²) in [6, 6.07) is 0. The van der Waals surface area contributed by atoms with Gasteiger partial charge >= 0.3 is 0 Å². The van der Waals surface area contributed by atoms with Crippen molar-refractivity contribution < 1.29 is 34.5 Å². The van der Waals surface area contributed by atoms with Gasteiger partial charge in [0.15, 0.2) is 12.6 Å². The molecule has 2 saturated carbocycles. The molecule has 3 N–H and O–H groups in total. The quantitative estimate of drug-likeness (QED) is 0.382. The summed E-state index contributed by atoms with van der Waals surface area (Å²) >= 11 is 0. The summed E-state index contributed by atoms with van der Waals surface area (Å²) in [5.74, 6) is -1.51. The first kappa shape index (κ1) is 29.5. The van der Waals surface area contributed by atoms with E-state index in [1.807, 2.05) is 6.92 Å². The van der Waals surface area contributed by atoms with Crippen molar-refractivity contribution in [1.29, 1.82) is 0 Å². The van der Waals surface area contributed by atoms with Crippen molar-refractivity contribution >= 4 is 24.1 Å². The van der Waals surface area contributed by atoms with Crippen molar-refractivity contribution in [3.05, 3.63) is 16.7 Å². The summed E-state index contributed by atoms with van der Waals surface area (Å²) < 4.78 is 0. The van der Waals surface area contributed by atoms with Gasteiger partial charge in [-0.05, 0) is 54.3 Å². The first-order valence-corrected chi connectivity index (χ1v) is 12.8. The van der Waals surface area contributed by atoms with E-state index in [9.17, 15) is 34.5 Å². The minimum absolute atomic E-state index is 0.00654. The Bertz CT molecular complexity index is 1000. The van der Waals surface area contributed by atoms with E-state index in [1.54, 1.807) is 13.8 Å². The van der Waals surface area contributed by atoms with Crippen LogP contribution in [0.5, 0.6) is 17.2 Å². The van der Waals surface area contributed by atoms with E-state index in [1.165, 1.54) is 0 Å². The molecular weight excluding hydrogens is 460 g/mol. The molecule has 2 aliphatic carbocycles. The molecule has 0 saturated heterocycles. The highest BCUT2D eigenvalue weighted by atomic mass is 16.3. The van der Waals surface area contributed by atoms with Gasteiger partial charge in [0.1, 0.15) is 28.8 Å². The molecular formula is C29H42O7. The Kier molecular flexibility index (Phi) is 8.80. The normalized spacial score (nSPS) is 27.2. The lowest BCUT2D eigenvalue weighted by atomic mass is 9.64. The summed E-state index contributed by atoms with van der Waals surface area (Å²) in [5, 5.41) is 31.6. The number of phenols is 3. The molecule has 1 aromatic carbocycles. The van der Waals surface area contributed by atoms with Gasteiger partial charge in [0, 0.05) is 24.3 Å². The van der Waals surface area contributed by atoms with Crippen LogP contribution >= 0.6 is 0 Å². The van der Waals surface area contributed by atoms with Crippen molar-refractivity contribution in [2.45, 2.75) is 87.0 Å². The molecule has 3 rings (SSSR count). The topological polar surface area (TPSA) is 129 Å². The highest BCUT2D eigenvalue weighted by Crippen LogP contribution is 2.70. The molecule has 7 heteroatoms. The monoisotopic (exact) mass is 502 g/mol. The fourth-order valence-corrected chi connectivity index (χ4v) is 6.26. The molecule has 0 bridgehead atoms. The maximum atomic E-state index is 13.1. The summed E-state index contributed by atoms with van der Waals surface area (Å²) in [5.41, 5.74) is -1.70. The SMILES string of the molecule is CC(=O)CC[C@@H]1C([C@H]2C(=O)CC[C@]2(C)C(C)c2c(O)c(C=O)c(O)c(C=O)c2O)C1(C)C.CC(C)C. The molecule has 0 spiro atoms. The van der Waals surface area contributed by atoms with E-state index in [0.717, 1.165) is 5.92 Å². The Morgan fingerprint density at radius 2 is 1.44 bits per heavy atom. The fraction of sp³-hybridized carbons (Fsp3) is 0.655. The van der Waals surface area contributed by atoms with Crippen LogP contribution in [0.4, 0.5) is 0 Å². The van der Waals surface area contributed by atoms with E-state index in [4.69, 9.17) is 0 Å². The standard InChI is InChI=1S/C25H32O7.C4H10/c1-12(28)6-7-16-19(24(16,3)4)20-17(29)8-9-25(20,5)13(2)18-22(31)14(10-26)21(30)15(11-27)23(18)32;1-4(2)3/h10-11,13,16,19-20,30-32H,6-9H2,1-5H3;4H,1-3H3/t13?,16-,19?,20-,25-;/m1./s1. The molecule has 7 nitrogen and oxygen atoms in total. The maximum absolute atomic E-state index is 13.1. The van der Waals surface area contributed by atoms with Gasteiger partial charge in [-0.1, -0.05) is 48.5 Å². The number of benzene rings is 1. The zero-order valence-electron chi connectivity index (χ0n) is 22.8. The third-order valence-corrected chi connectivity index (χ3v) is 8.46. The van der Waals surface area contributed by atoms with Gasteiger partial charge in [-0.3, -0.25) is 14.4 Å². The molecule has 0 aliphatic heterocycles. The highest BCUT2D eigenvalue weighted by molar-refractivity contribution is 5.95. The average Bonchev–Trinajstić information content (AvgIpc) is 3.14. The van der Waals surface area contributed by atoms with Crippen LogP contribution in [0.2, 0.25) is 0 Å². The number of Topliss-reactive ketones (excluding diaryl/α,β-unsaturated/α-hetero) is 2. The summed E-state index contributed by atoms with van der Waals surface area (Å²) in [4.78, 5) is 47.6. The van der Waals surface area contributed by atoms with Crippen LogP contribution in [0.25, 0.3) is 0 Å². The Hall–Kier alpha value is -2.70. The smallest absolute Gasteiger partial charge is 0.157 e. The number of hydrogen-bond donors (Lipinski definition) is 3. The summed E-state index contributed by atoms with van der Waals surface area (Å²) in [6.45, 7) is 16.0. The van der Waals surface area contributed by atoms with E-state index in [-0.39, 0.29) is 52.9 Å². The van der Waals surface area contributed by atoms with Crippen LogP contribution < -0.4 is 0 Å². The second kappa shape index (κ2) is 10.7. The predicted molar refractivity (Wildman–Crippen MR) is 138 cm³/mol. The van der Waals surface area contributed by atoms with E-state index >= 15 is 0 Å². The molecule has 2 unspecified atom stereocenters. The molecule has 0 heterocycles. The number of phenolic OH excluding ortho intramolecular Hbond substituents is 3. The number of carbonyl (C=O) groups excluding carboxylic acids is 4. The van der Waals surface area contributed by atoms with Gasteiger partial charge in [0.2, 0.25) is 0 Å². The van der Waals surface area contributed by atoms with Gasteiger partial charge in [0.25, 0.3) is 0 Å². The zero-order chi connectivity index (χ0) is 27.7.